The highest BCUT2D eigenvalue weighted by Crippen LogP contribution is 2.42. The van der Waals surface area contributed by atoms with Gasteiger partial charge in [0.15, 0.2) is 0 Å². The van der Waals surface area contributed by atoms with E-state index in [1.54, 1.807) is 20.3 Å². The van der Waals surface area contributed by atoms with Crippen molar-refractivity contribution < 1.29 is 14.3 Å². The number of aliphatic imine (C=N–C) groups is 1. The van der Waals surface area contributed by atoms with Crippen molar-refractivity contribution in [2.45, 2.75) is 12.8 Å². The first-order valence-corrected chi connectivity index (χ1v) is 8.95. The van der Waals surface area contributed by atoms with Gasteiger partial charge >= 0.3 is 0 Å². The fraction of sp³-hybridized carbons (Fsp3) is 0.200. The number of amidine groups is 1. The summed E-state index contributed by atoms with van der Waals surface area (Å²) in [6.07, 6.45) is 1.95. The minimum atomic E-state index is -0.188. The highest BCUT2D eigenvalue weighted by Gasteiger charge is 2.34. The summed E-state index contributed by atoms with van der Waals surface area (Å²) in [5.41, 5.74) is 4.37. The van der Waals surface area contributed by atoms with E-state index in [1.807, 2.05) is 31.2 Å². The van der Waals surface area contributed by atoms with Crippen LogP contribution in [0.25, 0.3) is 5.57 Å². The number of rotatable bonds is 3. The summed E-state index contributed by atoms with van der Waals surface area (Å²) < 4.78 is 11.7. The molecule has 6 heteroatoms. The number of benzene rings is 2. The Kier molecular flexibility index (Phi) is 4.07. The number of amides is 1. The van der Waals surface area contributed by atoms with Gasteiger partial charge in [0.05, 0.1) is 25.8 Å². The Labute approximate surface area is 159 Å². The number of carbonyl (C=O) groups excluding carboxylic acids is 1. The summed E-state index contributed by atoms with van der Waals surface area (Å²) in [7, 11) is 3.18. The van der Waals surface area contributed by atoms with Gasteiger partial charge in [-0.3, -0.25) is 4.79 Å². The summed E-state index contributed by atoms with van der Waals surface area (Å²) in [5, 5.41) is 2.93. The van der Waals surface area contributed by atoms with Gasteiger partial charge in [-0.05, 0) is 42.3 Å². The molecule has 2 aromatic rings. The molecule has 2 aromatic carbocycles. The maximum atomic E-state index is 12.7. The maximum Gasteiger partial charge on any atom is 0.257 e. The van der Waals surface area contributed by atoms with Gasteiger partial charge in [0.1, 0.15) is 17.3 Å². The number of methoxy groups -OCH3 is 2. The van der Waals surface area contributed by atoms with E-state index >= 15 is 0 Å². The molecule has 5 nitrogen and oxygen atoms in total. The Morgan fingerprint density at radius 2 is 1.96 bits per heavy atom. The van der Waals surface area contributed by atoms with Crippen LogP contribution in [0.1, 0.15) is 22.6 Å². The summed E-state index contributed by atoms with van der Waals surface area (Å²) in [6, 6.07) is 9.53. The second-order valence-electron chi connectivity index (χ2n) is 6.24. The van der Waals surface area contributed by atoms with Gasteiger partial charge < -0.3 is 14.8 Å². The van der Waals surface area contributed by atoms with Crippen LogP contribution in [-0.4, -0.2) is 26.0 Å². The zero-order chi connectivity index (χ0) is 18.4. The molecule has 0 spiro atoms. The van der Waals surface area contributed by atoms with E-state index in [0.29, 0.717) is 22.9 Å². The molecular formula is C20H17BrN2O3. The lowest BCUT2D eigenvalue weighted by molar-refractivity contribution is -0.114. The molecular weight excluding hydrogens is 396 g/mol. The number of hydrogen-bond donors (Lipinski definition) is 1. The predicted octanol–water partition coefficient (Wildman–Crippen LogP) is 4.12. The van der Waals surface area contributed by atoms with Crippen molar-refractivity contribution in [3.05, 3.63) is 57.6 Å². The standard InChI is InChI=1S/C20H17BrN2O3/c1-10-6-17-13(9-16(10)21)14-8-15(20(24)23-19(14)22-17)12-5-4-11(25-2)7-18(12)26-3/h4-9,14H,1-3H3,(H,22,23,24). The van der Waals surface area contributed by atoms with Gasteiger partial charge in [-0.25, -0.2) is 4.99 Å². The largest absolute Gasteiger partial charge is 0.497 e. The highest BCUT2D eigenvalue weighted by atomic mass is 79.9. The second kappa shape index (κ2) is 6.29. The first kappa shape index (κ1) is 16.8. The number of hydrogen-bond acceptors (Lipinski definition) is 4. The van der Waals surface area contributed by atoms with Crippen molar-refractivity contribution in [3.63, 3.8) is 0 Å². The first-order valence-electron chi connectivity index (χ1n) is 8.16. The summed E-state index contributed by atoms with van der Waals surface area (Å²) in [4.78, 5) is 17.3. The van der Waals surface area contributed by atoms with Crippen LogP contribution in [0.2, 0.25) is 0 Å². The highest BCUT2D eigenvalue weighted by molar-refractivity contribution is 9.10. The Bertz CT molecular complexity index is 995. The molecule has 1 amide bonds. The first-order chi connectivity index (χ1) is 12.5. The van der Waals surface area contributed by atoms with Crippen LogP contribution in [0.4, 0.5) is 5.69 Å². The Hall–Kier alpha value is -2.60. The molecule has 132 valence electrons. The lowest BCUT2D eigenvalue weighted by Crippen LogP contribution is -2.37. The van der Waals surface area contributed by atoms with E-state index < -0.39 is 0 Å². The zero-order valence-electron chi connectivity index (χ0n) is 14.6. The third kappa shape index (κ3) is 2.61. The third-order valence-corrected chi connectivity index (χ3v) is 5.55. The van der Waals surface area contributed by atoms with Gasteiger partial charge in [-0.2, -0.15) is 0 Å². The summed E-state index contributed by atoms with van der Waals surface area (Å²) in [6.45, 7) is 2.02. The number of ether oxygens (including phenoxy) is 2. The van der Waals surface area contributed by atoms with Crippen LogP contribution in [0.5, 0.6) is 11.5 Å². The molecule has 4 rings (SSSR count). The molecule has 2 heterocycles. The molecule has 2 aliphatic heterocycles. The third-order valence-electron chi connectivity index (χ3n) is 4.70. The molecule has 1 unspecified atom stereocenters. The predicted molar refractivity (Wildman–Crippen MR) is 104 cm³/mol. The molecule has 1 N–H and O–H groups in total. The molecule has 0 saturated heterocycles. The number of fused-ring (bicyclic) bond motifs is 3. The quantitative estimate of drug-likeness (QED) is 0.824. The number of aryl methyl sites for hydroxylation is 1. The summed E-state index contributed by atoms with van der Waals surface area (Å²) in [5.74, 6) is 1.66. The van der Waals surface area contributed by atoms with Crippen molar-refractivity contribution in [2.75, 3.05) is 14.2 Å². The smallest absolute Gasteiger partial charge is 0.257 e. The van der Waals surface area contributed by atoms with Gasteiger partial charge in [0.25, 0.3) is 5.91 Å². The second-order valence-corrected chi connectivity index (χ2v) is 7.09. The van der Waals surface area contributed by atoms with Crippen molar-refractivity contribution in [2.24, 2.45) is 4.99 Å². The fourth-order valence-electron chi connectivity index (χ4n) is 3.31. The lowest BCUT2D eigenvalue weighted by Gasteiger charge is -2.22. The van der Waals surface area contributed by atoms with Crippen LogP contribution in [0, 0.1) is 6.92 Å². The number of carbonyl (C=O) groups is 1. The zero-order valence-corrected chi connectivity index (χ0v) is 16.2. The minimum Gasteiger partial charge on any atom is -0.497 e. The van der Waals surface area contributed by atoms with E-state index in [4.69, 9.17) is 9.47 Å². The number of nitrogens with one attached hydrogen (secondary N) is 1. The number of nitrogens with zero attached hydrogens (tertiary/aromatic N) is 1. The molecule has 2 aliphatic rings. The van der Waals surface area contributed by atoms with Gasteiger partial charge in [-0.15, -0.1) is 0 Å². The van der Waals surface area contributed by atoms with Gasteiger partial charge in [0.2, 0.25) is 0 Å². The molecule has 26 heavy (non-hydrogen) atoms. The van der Waals surface area contributed by atoms with E-state index in [9.17, 15) is 4.79 Å². The van der Waals surface area contributed by atoms with Crippen LogP contribution in [0.15, 0.2) is 45.9 Å². The van der Waals surface area contributed by atoms with Crippen molar-refractivity contribution in [1.82, 2.24) is 5.32 Å². The van der Waals surface area contributed by atoms with Gasteiger partial charge in [0, 0.05) is 21.7 Å². The topological polar surface area (TPSA) is 59.9 Å². The molecule has 0 radical (unpaired) electrons. The fourth-order valence-corrected chi connectivity index (χ4v) is 3.67. The van der Waals surface area contributed by atoms with Crippen molar-refractivity contribution in [1.29, 1.82) is 0 Å². The SMILES string of the molecule is COc1ccc(C2=CC3C(=Nc4cc(C)c(Br)cc43)NC2=O)c(OC)c1. The molecule has 1 atom stereocenters. The van der Waals surface area contributed by atoms with E-state index in [-0.39, 0.29) is 11.8 Å². The van der Waals surface area contributed by atoms with Crippen LogP contribution < -0.4 is 14.8 Å². The Morgan fingerprint density at radius 1 is 1.15 bits per heavy atom. The van der Waals surface area contributed by atoms with E-state index in [0.717, 1.165) is 26.9 Å². The lowest BCUT2D eigenvalue weighted by atomic mass is 9.90. The molecule has 0 saturated carbocycles. The van der Waals surface area contributed by atoms with Crippen LogP contribution in [0.3, 0.4) is 0 Å². The minimum absolute atomic E-state index is 0.0820. The average molecular weight is 413 g/mol. The Morgan fingerprint density at radius 3 is 2.69 bits per heavy atom. The molecule has 0 aliphatic carbocycles. The monoisotopic (exact) mass is 412 g/mol. The van der Waals surface area contributed by atoms with Crippen LogP contribution >= 0.6 is 15.9 Å². The summed E-state index contributed by atoms with van der Waals surface area (Å²) >= 11 is 3.58. The number of halogens is 1. The maximum absolute atomic E-state index is 12.7. The molecule has 0 aromatic heterocycles. The Balaban J connectivity index is 1.83. The molecule has 0 fully saturated rings. The van der Waals surface area contributed by atoms with Crippen molar-refractivity contribution >= 4 is 38.9 Å². The van der Waals surface area contributed by atoms with Crippen LogP contribution in [-0.2, 0) is 4.79 Å². The van der Waals surface area contributed by atoms with Gasteiger partial charge in [-0.1, -0.05) is 22.0 Å². The molecule has 0 bridgehead atoms. The van der Waals surface area contributed by atoms with E-state index in [2.05, 4.69) is 32.3 Å². The van der Waals surface area contributed by atoms with E-state index in [1.165, 1.54) is 0 Å². The average Bonchev–Trinajstić information content (AvgIpc) is 2.97. The normalized spacial score (nSPS) is 17.7. The van der Waals surface area contributed by atoms with Crippen molar-refractivity contribution in [3.8, 4) is 11.5 Å².